The second-order valence-corrected chi connectivity index (χ2v) is 3.07. The van der Waals surface area contributed by atoms with E-state index in [2.05, 4.69) is 4.74 Å². The van der Waals surface area contributed by atoms with Crippen molar-refractivity contribution in [3.63, 3.8) is 0 Å². The highest BCUT2D eigenvalue weighted by Crippen LogP contribution is 2.30. The molecule has 1 saturated carbocycles. The van der Waals surface area contributed by atoms with Crippen LogP contribution in [0, 0.1) is 5.92 Å². The van der Waals surface area contributed by atoms with Gasteiger partial charge in [-0.2, -0.15) is 0 Å². The molecular weight excluding hydrogens is 144 g/mol. The molecule has 3 heteroatoms. The van der Waals surface area contributed by atoms with Gasteiger partial charge in [-0.25, -0.2) is 4.79 Å². The monoisotopic (exact) mass is 158 g/mol. The van der Waals surface area contributed by atoms with Crippen molar-refractivity contribution in [2.45, 2.75) is 31.8 Å². The number of aliphatic hydroxyl groups excluding tert-OH is 1. The largest absolute Gasteiger partial charge is 0.467 e. The zero-order chi connectivity index (χ0) is 8.27. The van der Waals surface area contributed by atoms with E-state index in [1.54, 1.807) is 0 Å². The molecule has 0 bridgehead atoms. The van der Waals surface area contributed by atoms with Crippen molar-refractivity contribution in [3.8, 4) is 0 Å². The predicted molar refractivity (Wildman–Crippen MR) is 40.0 cm³/mol. The Morgan fingerprint density at radius 1 is 1.73 bits per heavy atom. The number of carbonyl (C=O) groups is 1. The molecule has 1 atom stereocenters. The molecule has 64 valence electrons. The molecule has 0 aliphatic heterocycles. The summed E-state index contributed by atoms with van der Waals surface area (Å²) in [4.78, 5) is 10.7. The van der Waals surface area contributed by atoms with E-state index in [-0.39, 0.29) is 0 Å². The molecule has 3 nitrogen and oxygen atoms in total. The predicted octanol–water partition coefficient (Wildman–Crippen LogP) is 0.710. The average molecular weight is 158 g/mol. The fraction of sp³-hybridized carbons (Fsp3) is 0.875. The summed E-state index contributed by atoms with van der Waals surface area (Å²) in [6, 6.07) is 0. The van der Waals surface area contributed by atoms with Crippen molar-refractivity contribution in [3.05, 3.63) is 0 Å². The number of methoxy groups -OCH3 is 1. The molecule has 0 saturated heterocycles. The molecule has 1 rings (SSSR count). The molecule has 11 heavy (non-hydrogen) atoms. The molecule has 1 aliphatic rings. The number of hydrogen-bond donors (Lipinski definition) is 1. The summed E-state index contributed by atoms with van der Waals surface area (Å²) >= 11 is 0. The van der Waals surface area contributed by atoms with Crippen molar-refractivity contribution in [1.29, 1.82) is 0 Å². The van der Waals surface area contributed by atoms with Crippen LogP contribution in [0.25, 0.3) is 0 Å². The van der Waals surface area contributed by atoms with Gasteiger partial charge in [0.05, 0.1) is 7.11 Å². The maximum absolute atomic E-state index is 10.7. The minimum absolute atomic E-state index is 0.503. The van der Waals surface area contributed by atoms with Crippen LogP contribution in [0.1, 0.15) is 25.7 Å². The van der Waals surface area contributed by atoms with Gasteiger partial charge < -0.3 is 9.84 Å². The van der Waals surface area contributed by atoms with Crippen LogP contribution < -0.4 is 0 Å². The number of rotatable bonds is 3. The van der Waals surface area contributed by atoms with Crippen molar-refractivity contribution in [2.24, 2.45) is 5.92 Å². The van der Waals surface area contributed by atoms with Gasteiger partial charge in [0.1, 0.15) is 0 Å². The van der Waals surface area contributed by atoms with Gasteiger partial charge in [0.15, 0.2) is 6.10 Å². The highest BCUT2D eigenvalue weighted by molar-refractivity contribution is 5.74. The summed E-state index contributed by atoms with van der Waals surface area (Å²) in [5.41, 5.74) is 0. The van der Waals surface area contributed by atoms with Gasteiger partial charge >= 0.3 is 5.97 Å². The third kappa shape index (κ3) is 2.19. The van der Waals surface area contributed by atoms with E-state index in [9.17, 15) is 9.90 Å². The summed E-state index contributed by atoms with van der Waals surface area (Å²) in [7, 11) is 1.30. The van der Waals surface area contributed by atoms with E-state index in [0.29, 0.717) is 12.3 Å². The third-order valence-electron chi connectivity index (χ3n) is 2.25. The number of ether oxygens (including phenoxy) is 1. The van der Waals surface area contributed by atoms with Gasteiger partial charge in [0.2, 0.25) is 0 Å². The number of hydrogen-bond acceptors (Lipinski definition) is 3. The van der Waals surface area contributed by atoms with Crippen LogP contribution in [0.4, 0.5) is 0 Å². The highest BCUT2D eigenvalue weighted by atomic mass is 16.5. The summed E-state index contributed by atoms with van der Waals surface area (Å²) in [5, 5.41) is 9.18. The summed E-state index contributed by atoms with van der Waals surface area (Å²) < 4.78 is 4.39. The average Bonchev–Trinajstić information content (AvgIpc) is 1.94. The first kappa shape index (κ1) is 8.53. The van der Waals surface area contributed by atoms with Gasteiger partial charge in [0.25, 0.3) is 0 Å². The first-order valence-corrected chi connectivity index (χ1v) is 4.00. The van der Waals surface area contributed by atoms with Gasteiger partial charge in [-0.3, -0.25) is 0 Å². The zero-order valence-corrected chi connectivity index (χ0v) is 6.75. The van der Waals surface area contributed by atoms with E-state index in [0.717, 1.165) is 12.8 Å². The van der Waals surface area contributed by atoms with Gasteiger partial charge in [-0.05, 0) is 12.3 Å². The SMILES string of the molecule is COC(=O)[C@H](O)CC1CCC1. The molecule has 0 aromatic heterocycles. The van der Waals surface area contributed by atoms with Crippen LogP contribution >= 0.6 is 0 Å². The normalized spacial score (nSPS) is 20.5. The lowest BCUT2D eigenvalue weighted by Gasteiger charge is -2.26. The number of esters is 1. The molecule has 0 heterocycles. The molecule has 0 unspecified atom stereocenters. The van der Waals surface area contributed by atoms with Crippen LogP contribution in [0.15, 0.2) is 0 Å². The Morgan fingerprint density at radius 2 is 2.36 bits per heavy atom. The summed E-state index contributed by atoms with van der Waals surface area (Å²) in [6.45, 7) is 0. The van der Waals surface area contributed by atoms with Crippen LogP contribution in [0.3, 0.4) is 0 Å². The van der Waals surface area contributed by atoms with E-state index in [4.69, 9.17) is 0 Å². The molecule has 0 radical (unpaired) electrons. The van der Waals surface area contributed by atoms with E-state index >= 15 is 0 Å². The fourth-order valence-corrected chi connectivity index (χ4v) is 1.28. The van der Waals surface area contributed by atoms with Crippen LogP contribution in [-0.2, 0) is 9.53 Å². The minimum Gasteiger partial charge on any atom is -0.467 e. The van der Waals surface area contributed by atoms with Gasteiger partial charge in [-0.15, -0.1) is 0 Å². The Labute approximate surface area is 66.4 Å². The lowest BCUT2D eigenvalue weighted by atomic mass is 9.81. The zero-order valence-electron chi connectivity index (χ0n) is 6.75. The Bertz CT molecular complexity index is 140. The van der Waals surface area contributed by atoms with E-state index < -0.39 is 12.1 Å². The standard InChI is InChI=1S/C8H14O3/c1-11-8(10)7(9)5-6-3-2-4-6/h6-7,9H,2-5H2,1H3/t7-/m1/s1. The Hall–Kier alpha value is -0.570. The molecular formula is C8H14O3. The van der Waals surface area contributed by atoms with Crippen molar-refractivity contribution < 1.29 is 14.6 Å². The maximum atomic E-state index is 10.7. The molecule has 1 fully saturated rings. The Balaban J connectivity index is 2.18. The topological polar surface area (TPSA) is 46.5 Å². The Morgan fingerprint density at radius 3 is 2.73 bits per heavy atom. The molecule has 0 amide bonds. The van der Waals surface area contributed by atoms with Gasteiger partial charge in [-0.1, -0.05) is 19.3 Å². The van der Waals surface area contributed by atoms with Crippen molar-refractivity contribution >= 4 is 5.97 Å². The first-order valence-electron chi connectivity index (χ1n) is 4.00. The summed E-state index contributed by atoms with van der Waals surface area (Å²) in [6.07, 6.45) is 3.21. The smallest absolute Gasteiger partial charge is 0.334 e. The van der Waals surface area contributed by atoms with E-state index in [1.165, 1.54) is 13.5 Å². The maximum Gasteiger partial charge on any atom is 0.334 e. The van der Waals surface area contributed by atoms with Gasteiger partial charge in [0, 0.05) is 0 Å². The quantitative estimate of drug-likeness (QED) is 0.615. The summed E-state index contributed by atoms with van der Waals surface area (Å²) in [5.74, 6) is 0.0426. The number of aliphatic hydroxyl groups is 1. The van der Waals surface area contributed by atoms with Crippen LogP contribution in [0.2, 0.25) is 0 Å². The molecule has 0 aromatic carbocycles. The van der Waals surface area contributed by atoms with Crippen LogP contribution in [0.5, 0.6) is 0 Å². The molecule has 0 aromatic rings. The number of carbonyl (C=O) groups excluding carboxylic acids is 1. The Kier molecular flexibility index (Phi) is 2.88. The lowest BCUT2D eigenvalue weighted by molar-refractivity contribution is -0.151. The molecule has 0 spiro atoms. The van der Waals surface area contributed by atoms with Crippen molar-refractivity contribution in [2.75, 3.05) is 7.11 Å². The van der Waals surface area contributed by atoms with E-state index in [1.807, 2.05) is 0 Å². The molecule has 1 N–H and O–H groups in total. The minimum atomic E-state index is -0.898. The third-order valence-corrected chi connectivity index (χ3v) is 2.25. The van der Waals surface area contributed by atoms with Crippen molar-refractivity contribution in [1.82, 2.24) is 0 Å². The lowest BCUT2D eigenvalue weighted by Crippen LogP contribution is -2.27. The highest BCUT2D eigenvalue weighted by Gasteiger charge is 2.24. The first-order chi connectivity index (χ1) is 5.24. The fourth-order valence-electron chi connectivity index (χ4n) is 1.28. The second-order valence-electron chi connectivity index (χ2n) is 3.07. The second kappa shape index (κ2) is 3.72. The molecule has 1 aliphatic carbocycles. The van der Waals surface area contributed by atoms with Crippen LogP contribution in [-0.4, -0.2) is 24.3 Å².